The highest BCUT2D eigenvalue weighted by Gasteiger charge is 2.12. The fourth-order valence-corrected chi connectivity index (χ4v) is 1.64. The third kappa shape index (κ3) is 6.24. The summed E-state index contributed by atoms with van der Waals surface area (Å²) in [5, 5.41) is 2.65. The van der Waals surface area contributed by atoms with E-state index >= 15 is 0 Å². The number of ether oxygens (including phenoxy) is 2. The Morgan fingerprint density at radius 2 is 1.95 bits per heavy atom. The number of hydrogen-bond acceptors (Lipinski definition) is 4. The van der Waals surface area contributed by atoms with Gasteiger partial charge in [0, 0.05) is 10.5 Å². The van der Waals surface area contributed by atoms with Gasteiger partial charge >= 0.3 is 5.97 Å². The number of hydrogen-bond donors (Lipinski definition) is 1. The fraction of sp³-hybridized carbons (Fsp3) is 0.385. The van der Waals surface area contributed by atoms with Gasteiger partial charge in [0.1, 0.15) is 5.75 Å². The molecule has 0 aliphatic rings. The molecule has 5 nitrogen and oxygen atoms in total. The number of amides is 1. The largest absolute Gasteiger partial charge is 0.484 e. The Balaban J connectivity index is 2.31. The minimum Gasteiger partial charge on any atom is -0.484 e. The average Bonchev–Trinajstić information content (AvgIpc) is 2.37. The van der Waals surface area contributed by atoms with Crippen molar-refractivity contribution in [3.05, 3.63) is 28.7 Å². The van der Waals surface area contributed by atoms with E-state index in [4.69, 9.17) is 4.74 Å². The lowest BCUT2D eigenvalue weighted by Gasteiger charge is -2.13. The maximum atomic E-state index is 11.6. The van der Waals surface area contributed by atoms with Gasteiger partial charge in [0.15, 0.2) is 6.61 Å². The molecule has 1 unspecified atom stereocenters. The van der Waals surface area contributed by atoms with Crippen molar-refractivity contribution < 1.29 is 19.1 Å². The van der Waals surface area contributed by atoms with Gasteiger partial charge in [-0.25, -0.2) is 0 Å². The quantitative estimate of drug-likeness (QED) is 0.809. The molecular formula is C13H16BrNO4. The predicted octanol–water partition coefficient (Wildman–Crippen LogP) is 1.90. The highest BCUT2D eigenvalue weighted by atomic mass is 79.9. The van der Waals surface area contributed by atoms with Gasteiger partial charge in [0.2, 0.25) is 0 Å². The van der Waals surface area contributed by atoms with Crippen molar-refractivity contribution in [3.8, 4) is 5.75 Å². The molecule has 0 saturated carbocycles. The van der Waals surface area contributed by atoms with Crippen LogP contribution in [0.25, 0.3) is 0 Å². The molecule has 19 heavy (non-hydrogen) atoms. The maximum Gasteiger partial charge on any atom is 0.307 e. The summed E-state index contributed by atoms with van der Waals surface area (Å²) in [7, 11) is 1.31. The molecule has 0 heterocycles. The molecule has 1 aromatic rings. The van der Waals surface area contributed by atoms with Crippen LogP contribution in [0.1, 0.15) is 13.3 Å². The summed E-state index contributed by atoms with van der Waals surface area (Å²) in [5.74, 6) is -0.0279. The Morgan fingerprint density at radius 1 is 1.32 bits per heavy atom. The minimum atomic E-state index is -0.360. The van der Waals surface area contributed by atoms with Gasteiger partial charge in [0.05, 0.1) is 13.5 Å². The highest BCUT2D eigenvalue weighted by Crippen LogP contribution is 2.15. The molecule has 1 aromatic carbocycles. The van der Waals surface area contributed by atoms with Gasteiger partial charge in [-0.1, -0.05) is 15.9 Å². The average molecular weight is 330 g/mol. The van der Waals surface area contributed by atoms with Crippen LogP contribution in [0.2, 0.25) is 0 Å². The summed E-state index contributed by atoms with van der Waals surface area (Å²) < 4.78 is 10.8. The molecule has 1 amide bonds. The zero-order valence-corrected chi connectivity index (χ0v) is 12.4. The third-order valence-corrected chi connectivity index (χ3v) is 2.82. The predicted molar refractivity (Wildman–Crippen MR) is 73.9 cm³/mol. The van der Waals surface area contributed by atoms with Crippen molar-refractivity contribution >= 4 is 27.8 Å². The molecule has 1 rings (SSSR count). The van der Waals surface area contributed by atoms with E-state index in [2.05, 4.69) is 26.0 Å². The Bertz CT molecular complexity index is 433. The first-order valence-electron chi connectivity index (χ1n) is 5.76. The number of halogens is 1. The van der Waals surface area contributed by atoms with Crippen molar-refractivity contribution in [2.45, 2.75) is 19.4 Å². The summed E-state index contributed by atoms with van der Waals surface area (Å²) in [6, 6.07) is 6.89. The summed E-state index contributed by atoms with van der Waals surface area (Å²) in [4.78, 5) is 22.6. The van der Waals surface area contributed by atoms with Crippen LogP contribution < -0.4 is 10.1 Å². The summed E-state index contributed by atoms with van der Waals surface area (Å²) in [6.45, 7) is 1.64. The molecule has 0 spiro atoms. The van der Waals surface area contributed by atoms with Crippen molar-refractivity contribution in [3.63, 3.8) is 0 Å². The van der Waals surface area contributed by atoms with Gasteiger partial charge in [-0.15, -0.1) is 0 Å². The first-order valence-corrected chi connectivity index (χ1v) is 6.55. The Labute approximate surface area is 120 Å². The van der Waals surface area contributed by atoms with Gasteiger partial charge in [0.25, 0.3) is 5.91 Å². The third-order valence-electron chi connectivity index (χ3n) is 2.29. The molecule has 1 atom stereocenters. The summed E-state index contributed by atoms with van der Waals surface area (Å²) >= 11 is 3.31. The SMILES string of the molecule is COC(=O)CC(C)NC(=O)COc1ccc(Br)cc1. The maximum absolute atomic E-state index is 11.6. The van der Waals surface area contributed by atoms with Crippen LogP contribution in [0.5, 0.6) is 5.75 Å². The summed E-state index contributed by atoms with van der Waals surface area (Å²) in [5.41, 5.74) is 0. The van der Waals surface area contributed by atoms with E-state index in [1.807, 2.05) is 12.1 Å². The molecule has 104 valence electrons. The normalized spacial score (nSPS) is 11.5. The monoisotopic (exact) mass is 329 g/mol. The lowest BCUT2D eigenvalue weighted by atomic mass is 10.2. The number of benzene rings is 1. The van der Waals surface area contributed by atoms with Gasteiger partial charge in [-0.05, 0) is 31.2 Å². The molecule has 0 aromatic heterocycles. The van der Waals surface area contributed by atoms with E-state index in [0.29, 0.717) is 5.75 Å². The first kappa shape index (κ1) is 15.5. The van der Waals surface area contributed by atoms with Crippen LogP contribution >= 0.6 is 15.9 Å². The number of methoxy groups -OCH3 is 1. The number of carbonyl (C=O) groups is 2. The highest BCUT2D eigenvalue weighted by molar-refractivity contribution is 9.10. The molecule has 1 N–H and O–H groups in total. The Kier molecular flexibility index (Phi) is 6.35. The van der Waals surface area contributed by atoms with Gasteiger partial charge in [-0.3, -0.25) is 9.59 Å². The topological polar surface area (TPSA) is 64.6 Å². The van der Waals surface area contributed by atoms with E-state index in [1.165, 1.54) is 7.11 Å². The standard InChI is InChI=1S/C13H16BrNO4/c1-9(7-13(17)18-2)15-12(16)8-19-11-5-3-10(14)4-6-11/h3-6,9H,7-8H2,1-2H3,(H,15,16). The van der Waals surface area contributed by atoms with E-state index in [0.717, 1.165) is 4.47 Å². The van der Waals surface area contributed by atoms with Crippen molar-refractivity contribution in [1.29, 1.82) is 0 Å². The molecule has 0 aliphatic carbocycles. The first-order chi connectivity index (χ1) is 9.01. The zero-order chi connectivity index (χ0) is 14.3. The second kappa shape index (κ2) is 7.78. The molecule has 0 saturated heterocycles. The smallest absolute Gasteiger partial charge is 0.307 e. The Morgan fingerprint density at radius 3 is 2.53 bits per heavy atom. The van der Waals surface area contributed by atoms with Crippen LogP contribution in [0.15, 0.2) is 28.7 Å². The molecule has 0 aliphatic heterocycles. The van der Waals surface area contributed by atoms with Crippen LogP contribution in [0.3, 0.4) is 0 Å². The van der Waals surface area contributed by atoms with Crippen molar-refractivity contribution in [2.24, 2.45) is 0 Å². The number of esters is 1. The van der Waals surface area contributed by atoms with Crippen LogP contribution in [0.4, 0.5) is 0 Å². The van der Waals surface area contributed by atoms with E-state index < -0.39 is 0 Å². The van der Waals surface area contributed by atoms with Crippen LogP contribution in [0, 0.1) is 0 Å². The second-order valence-electron chi connectivity index (χ2n) is 3.99. The number of nitrogens with one attached hydrogen (secondary N) is 1. The molecule has 0 bridgehead atoms. The molecular weight excluding hydrogens is 314 g/mol. The lowest BCUT2D eigenvalue weighted by molar-refractivity contribution is -0.141. The number of rotatable bonds is 6. The molecule has 6 heteroatoms. The Hall–Kier alpha value is -1.56. The van der Waals surface area contributed by atoms with Crippen molar-refractivity contribution in [2.75, 3.05) is 13.7 Å². The zero-order valence-electron chi connectivity index (χ0n) is 10.8. The molecule has 0 radical (unpaired) electrons. The van der Waals surface area contributed by atoms with Gasteiger partial charge < -0.3 is 14.8 Å². The van der Waals surface area contributed by atoms with Crippen molar-refractivity contribution in [1.82, 2.24) is 5.32 Å². The lowest BCUT2D eigenvalue weighted by Crippen LogP contribution is -2.37. The van der Waals surface area contributed by atoms with E-state index in [-0.39, 0.29) is 30.9 Å². The summed E-state index contributed by atoms with van der Waals surface area (Å²) in [6.07, 6.45) is 0.139. The second-order valence-corrected chi connectivity index (χ2v) is 4.91. The van der Waals surface area contributed by atoms with E-state index in [9.17, 15) is 9.59 Å². The van der Waals surface area contributed by atoms with E-state index in [1.54, 1.807) is 19.1 Å². The fourth-order valence-electron chi connectivity index (χ4n) is 1.38. The number of carbonyl (C=O) groups excluding carboxylic acids is 2. The molecule has 0 fully saturated rings. The van der Waals surface area contributed by atoms with Crippen LogP contribution in [-0.2, 0) is 14.3 Å². The van der Waals surface area contributed by atoms with Crippen LogP contribution in [-0.4, -0.2) is 31.6 Å². The minimum absolute atomic E-state index is 0.0901. The van der Waals surface area contributed by atoms with Gasteiger partial charge in [-0.2, -0.15) is 0 Å².